The highest BCUT2D eigenvalue weighted by atomic mass is 127. The SMILES string of the molecule is CCNC(=NCc1c(C)nn(CCOC)c1C)NCCCC1CCCCC1.I. The lowest BCUT2D eigenvalue weighted by atomic mass is 9.86. The maximum absolute atomic E-state index is 5.17. The van der Waals surface area contributed by atoms with Gasteiger partial charge in [0.05, 0.1) is 25.4 Å². The molecule has 0 saturated heterocycles. The first-order valence-corrected chi connectivity index (χ1v) is 10.7. The Bertz CT molecular complexity index is 582. The molecule has 1 heterocycles. The minimum absolute atomic E-state index is 0. The quantitative estimate of drug-likeness (QED) is 0.217. The first kappa shape index (κ1) is 25.2. The second-order valence-corrected chi connectivity index (χ2v) is 7.63. The number of aliphatic imine (C=N–C) groups is 1. The Morgan fingerprint density at radius 1 is 1.21 bits per heavy atom. The second kappa shape index (κ2) is 14.2. The molecule has 1 aliphatic rings. The van der Waals surface area contributed by atoms with Crippen molar-refractivity contribution < 1.29 is 4.74 Å². The van der Waals surface area contributed by atoms with Crippen LogP contribution in [-0.2, 0) is 17.8 Å². The maximum atomic E-state index is 5.17. The van der Waals surface area contributed by atoms with Crippen molar-refractivity contribution in [2.24, 2.45) is 10.9 Å². The van der Waals surface area contributed by atoms with E-state index in [1.165, 1.54) is 56.2 Å². The van der Waals surface area contributed by atoms with Gasteiger partial charge in [-0.25, -0.2) is 4.99 Å². The number of halogens is 1. The van der Waals surface area contributed by atoms with E-state index in [1.807, 2.05) is 4.68 Å². The van der Waals surface area contributed by atoms with E-state index >= 15 is 0 Å². The molecule has 2 N–H and O–H groups in total. The molecule has 7 heteroatoms. The second-order valence-electron chi connectivity index (χ2n) is 7.63. The molecule has 0 atom stereocenters. The third kappa shape index (κ3) is 8.27. The lowest BCUT2D eigenvalue weighted by Gasteiger charge is -2.21. The molecule has 1 aromatic heterocycles. The summed E-state index contributed by atoms with van der Waals surface area (Å²) in [5.74, 6) is 1.85. The molecule has 0 spiro atoms. The van der Waals surface area contributed by atoms with E-state index in [2.05, 4.69) is 36.5 Å². The average molecular weight is 505 g/mol. The monoisotopic (exact) mass is 505 g/mol. The fourth-order valence-electron chi connectivity index (χ4n) is 3.93. The van der Waals surface area contributed by atoms with Gasteiger partial charge < -0.3 is 15.4 Å². The van der Waals surface area contributed by atoms with Gasteiger partial charge in [0.1, 0.15) is 0 Å². The largest absolute Gasteiger partial charge is 0.383 e. The minimum Gasteiger partial charge on any atom is -0.383 e. The Hall–Kier alpha value is -0.830. The van der Waals surface area contributed by atoms with Crippen molar-refractivity contribution in [3.8, 4) is 0 Å². The van der Waals surface area contributed by atoms with Crippen molar-refractivity contribution in [3.63, 3.8) is 0 Å². The van der Waals surface area contributed by atoms with Gasteiger partial charge in [-0.05, 0) is 39.5 Å². The molecule has 28 heavy (non-hydrogen) atoms. The number of hydrogen-bond donors (Lipinski definition) is 2. The summed E-state index contributed by atoms with van der Waals surface area (Å²) in [6.45, 7) is 10.3. The van der Waals surface area contributed by atoms with Crippen molar-refractivity contribution in [1.82, 2.24) is 20.4 Å². The van der Waals surface area contributed by atoms with Crippen molar-refractivity contribution >= 4 is 29.9 Å². The fraction of sp³-hybridized carbons (Fsp3) is 0.810. The molecule has 2 rings (SSSR count). The molecule has 0 unspecified atom stereocenters. The van der Waals surface area contributed by atoms with Crippen LogP contribution in [0.1, 0.15) is 68.8 Å². The van der Waals surface area contributed by atoms with Crippen LogP contribution in [0, 0.1) is 19.8 Å². The van der Waals surface area contributed by atoms with Crippen molar-refractivity contribution in [2.75, 3.05) is 26.8 Å². The lowest BCUT2D eigenvalue weighted by molar-refractivity contribution is 0.182. The Kier molecular flexibility index (Phi) is 12.8. The molecule has 0 aromatic carbocycles. The van der Waals surface area contributed by atoms with Gasteiger partial charge in [-0.1, -0.05) is 32.1 Å². The zero-order valence-corrected chi connectivity index (χ0v) is 20.6. The van der Waals surface area contributed by atoms with E-state index in [0.717, 1.165) is 37.2 Å². The van der Waals surface area contributed by atoms with Crippen molar-refractivity contribution in [1.29, 1.82) is 0 Å². The molecule has 6 nitrogen and oxygen atoms in total. The first-order valence-electron chi connectivity index (χ1n) is 10.7. The average Bonchev–Trinajstić information content (AvgIpc) is 2.95. The van der Waals surface area contributed by atoms with E-state index in [9.17, 15) is 0 Å². The number of methoxy groups -OCH3 is 1. The summed E-state index contributed by atoms with van der Waals surface area (Å²) in [6, 6.07) is 0. The molecule has 1 aromatic rings. The van der Waals surface area contributed by atoms with Crippen LogP contribution < -0.4 is 10.6 Å². The molecular weight excluding hydrogens is 465 g/mol. The summed E-state index contributed by atoms with van der Waals surface area (Å²) in [5.41, 5.74) is 3.45. The van der Waals surface area contributed by atoms with E-state index in [4.69, 9.17) is 9.73 Å². The summed E-state index contributed by atoms with van der Waals surface area (Å²) >= 11 is 0. The van der Waals surface area contributed by atoms with E-state index in [1.54, 1.807) is 7.11 Å². The van der Waals surface area contributed by atoms with Crippen LogP contribution in [0.5, 0.6) is 0 Å². The molecule has 1 saturated carbocycles. The number of rotatable bonds is 10. The highest BCUT2D eigenvalue weighted by Gasteiger charge is 2.13. The number of guanidine groups is 1. The molecule has 0 radical (unpaired) electrons. The Labute approximate surface area is 188 Å². The zero-order valence-electron chi connectivity index (χ0n) is 18.2. The van der Waals surface area contributed by atoms with Gasteiger partial charge in [0.25, 0.3) is 0 Å². The molecule has 1 fully saturated rings. The van der Waals surface area contributed by atoms with Crippen LogP contribution >= 0.6 is 24.0 Å². The molecular formula is C21H40IN5O. The summed E-state index contributed by atoms with van der Waals surface area (Å²) in [7, 11) is 1.72. The summed E-state index contributed by atoms with van der Waals surface area (Å²) < 4.78 is 7.19. The summed E-state index contributed by atoms with van der Waals surface area (Å²) in [5, 5.41) is 11.5. The molecule has 162 valence electrons. The Morgan fingerprint density at radius 2 is 1.96 bits per heavy atom. The molecule has 0 bridgehead atoms. The van der Waals surface area contributed by atoms with E-state index in [-0.39, 0.29) is 24.0 Å². The third-order valence-electron chi connectivity index (χ3n) is 5.58. The van der Waals surface area contributed by atoms with Gasteiger partial charge in [-0.15, -0.1) is 24.0 Å². The predicted octanol–water partition coefficient (Wildman–Crippen LogP) is 4.18. The predicted molar refractivity (Wildman–Crippen MR) is 128 cm³/mol. The number of nitrogens with zero attached hydrogens (tertiary/aromatic N) is 3. The minimum atomic E-state index is 0. The zero-order chi connectivity index (χ0) is 19.5. The number of aromatic nitrogens is 2. The van der Waals surface area contributed by atoms with Gasteiger partial charge in [0, 0.05) is 31.5 Å². The first-order chi connectivity index (χ1) is 13.2. The van der Waals surface area contributed by atoms with Crippen molar-refractivity contribution in [3.05, 3.63) is 17.0 Å². The van der Waals surface area contributed by atoms with Crippen LogP contribution in [0.4, 0.5) is 0 Å². The van der Waals surface area contributed by atoms with Crippen LogP contribution in [0.15, 0.2) is 4.99 Å². The van der Waals surface area contributed by atoms with E-state index in [0.29, 0.717) is 13.2 Å². The Balaban J connectivity index is 0.00000392. The summed E-state index contributed by atoms with van der Waals surface area (Å²) in [6.07, 6.45) is 9.73. The van der Waals surface area contributed by atoms with Crippen molar-refractivity contribution in [2.45, 2.75) is 78.8 Å². The highest BCUT2D eigenvalue weighted by molar-refractivity contribution is 14.0. The van der Waals surface area contributed by atoms with Gasteiger partial charge in [0.15, 0.2) is 5.96 Å². The van der Waals surface area contributed by atoms with Crippen LogP contribution in [0.2, 0.25) is 0 Å². The molecule has 0 amide bonds. The van der Waals surface area contributed by atoms with Gasteiger partial charge in [-0.3, -0.25) is 4.68 Å². The maximum Gasteiger partial charge on any atom is 0.191 e. The van der Waals surface area contributed by atoms with E-state index < -0.39 is 0 Å². The fourth-order valence-corrected chi connectivity index (χ4v) is 3.93. The topological polar surface area (TPSA) is 63.5 Å². The lowest BCUT2D eigenvalue weighted by Crippen LogP contribution is -2.37. The van der Waals surface area contributed by atoms with Gasteiger partial charge in [-0.2, -0.15) is 5.10 Å². The molecule has 0 aliphatic heterocycles. The number of nitrogens with one attached hydrogen (secondary N) is 2. The number of ether oxygens (including phenoxy) is 1. The Morgan fingerprint density at radius 3 is 2.64 bits per heavy atom. The summed E-state index contributed by atoms with van der Waals surface area (Å²) in [4.78, 5) is 4.79. The standard InChI is InChI=1S/C21H39N5O.HI/c1-5-22-21(23-13-9-12-19-10-7-6-8-11-19)24-16-20-17(2)25-26(18(20)3)14-15-27-4;/h19H,5-16H2,1-4H3,(H2,22,23,24);1H. The third-order valence-corrected chi connectivity index (χ3v) is 5.58. The van der Waals surface area contributed by atoms with Crippen LogP contribution in [-0.4, -0.2) is 42.5 Å². The van der Waals surface area contributed by atoms with Gasteiger partial charge >= 0.3 is 0 Å². The number of aryl methyl sites for hydroxylation is 1. The molecule has 1 aliphatic carbocycles. The smallest absolute Gasteiger partial charge is 0.191 e. The normalized spacial score (nSPS) is 15.4. The van der Waals surface area contributed by atoms with Crippen LogP contribution in [0.25, 0.3) is 0 Å². The highest BCUT2D eigenvalue weighted by Crippen LogP contribution is 2.26. The van der Waals surface area contributed by atoms with Gasteiger partial charge in [0.2, 0.25) is 0 Å². The number of hydrogen-bond acceptors (Lipinski definition) is 3. The van der Waals surface area contributed by atoms with Crippen LogP contribution in [0.3, 0.4) is 0 Å².